The SMILES string of the molecule is CC(=O)N1CCN(Cc2cccc3cc(S(=O)(=O)c4ccccc4)cnc23)CC1.Cl. The molecule has 6 nitrogen and oxygen atoms in total. The first-order valence-electron chi connectivity index (χ1n) is 9.61. The summed E-state index contributed by atoms with van der Waals surface area (Å²) < 4.78 is 25.8. The molecule has 158 valence electrons. The standard InChI is InChI=1S/C22H23N3O3S.ClH/c1-17(26)25-12-10-24(11-13-25)16-19-7-5-6-18-14-21(15-23-22(18)19)29(27,28)20-8-3-2-4-9-20;/h2-9,14-15H,10-13,16H2,1H3;1H. The van der Waals surface area contributed by atoms with Crippen molar-refractivity contribution in [1.29, 1.82) is 0 Å². The number of sulfone groups is 1. The fourth-order valence-corrected chi connectivity index (χ4v) is 4.94. The molecule has 0 radical (unpaired) electrons. The van der Waals surface area contributed by atoms with Crippen LogP contribution < -0.4 is 0 Å². The van der Waals surface area contributed by atoms with Gasteiger partial charge in [-0.05, 0) is 23.8 Å². The Labute approximate surface area is 182 Å². The second kappa shape index (κ2) is 9.12. The lowest BCUT2D eigenvalue weighted by Crippen LogP contribution is -2.47. The predicted octanol–water partition coefficient (Wildman–Crippen LogP) is 3.15. The van der Waals surface area contributed by atoms with Gasteiger partial charge < -0.3 is 4.90 Å². The van der Waals surface area contributed by atoms with Crippen molar-refractivity contribution in [1.82, 2.24) is 14.8 Å². The van der Waals surface area contributed by atoms with Crippen LogP contribution in [0, 0.1) is 0 Å². The molecule has 1 aliphatic heterocycles. The topological polar surface area (TPSA) is 70.6 Å². The Morgan fingerprint density at radius 3 is 2.33 bits per heavy atom. The minimum atomic E-state index is -3.60. The molecule has 0 bridgehead atoms. The zero-order valence-corrected chi connectivity index (χ0v) is 18.3. The highest BCUT2D eigenvalue weighted by atomic mass is 35.5. The number of hydrogen-bond donors (Lipinski definition) is 0. The van der Waals surface area contributed by atoms with Gasteiger partial charge in [0.2, 0.25) is 15.7 Å². The molecule has 30 heavy (non-hydrogen) atoms. The van der Waals surface area contributed by atoms with Gasteiger partial charge in [0.25, 0.3) is 0 Å². The number of fused-ring (bicyclic) bond motifs is 1. The van der Waals surface area contributed by atoms with Gasteiger partial charge >= 0.3 is 0 Å². The van der Waals surface area contributed by atoms with Crippen molar-refractivity contribution in [3.8, 4) is 0 Å². The van der Waals surface area contributed by atoms with Gasteiger partial charge in [0.05, 0.1) is 15.3 Å². The average Bonchev–Trinajstić information content (AvgIpc) is 2.74. The van der Waals surface area contributed by atoms with Gasteiger partial charge in [0, 0.05) is 51.2 Å². The molecule has 1 saturated heterocycles. The maximum absolute atomic E-state index is 12.9. The molecule has 0 spiro atoms. The average molecular weight is 446 g/mol. The van der Waals surface area contributed by atoms with Crippen LogP contribution in [-0.4, -0.2) is 55.3 Å². The Morgan fingerprint density at radius 2 is 1.67 bits per heavy atom. The highest BCUT2D eigenvalue weighted by molar-refractivity contribution is 7.91. The molecule has 2 heterocycles. The van der Waals surface area contributed by atoms with E-state index in [0.29, 0.717) is 0 Å². The summed E-state index contributed by atoms with van der Waals surface area (Å²) in [5, 5.41) is 0.807. The Kier molecular flexibility index (Phi) is 6.75. The molecule has 4 rings (SSSR count). The molecule has 8 heteroatoms. The molecule has 0 atom stereocenters. The highest BCUT2D eigenvalue weighted by Gasteiger charge is 2.21. The number of pyridine rings is 1. The zero-order valence-electron chi connectivity index (χ0n) is 16.7. The molecule has 1 amide bonds. The number of piperazine rings is 1. The maximum atomic E-state index is 12.9. The monoisotopic (exact) mass is 445 g/mol. The molecule has 2 aromatic carbocycles. The minimum absolute atomic E-state index is 0. The first-order chi connectivity index (χ1) is 13.9. The molecule has 0 aliphatic carbocycles. The number of para-hydroxylation sites is 1. The predicted molar refractivity (Wildman–Crippen MR) is 118 cm³/mol. The fourth-order valence-electron chi connectivity index (χ4n) is 3.68. The van der Waals surface area contributed by atoms with Crippen molar-refractivity contribution in [2.45, 2.75) is 23.3 Å². The van der Waals surface area contributed by atoms with Crippen molar-refractivity contribution >= 4 is 39.1 Å². The van der Waals surface area contributed by atoms with Crippen molar-refractivity contribution in [3.05, 3.63) is 66.4 Å². The van der Waals surface area contributed by atoms with E-state index >= 15 is 0 Å². The number of carbonyl (C=O) groups is 1. The molecule has 0 saturated carbocycles. The van der Waals surface area contributed by atoms with Gasteiger partial charge in [-0.2, -0.15) is 0 Å². The van der Waals surface area contributed by atoms with Crippen LogP contribution in [0.1, 0.15) is 12.5 Å². The van der Waals surface area contributed by atoms with Crippen LogP contribution in [-0.2, 0) is 21.2 Å². The number of amides is 1. The lowest BCUT2D eigenvalue weighted by atomic mass is 10.1. The van der Waals surface area contributed by atoms with E-state index in [1.54, 1.807) is 43.3 Å². The molecule has 1 aromatic heterocycles. The van der Waals surface area contributed by atoms with Crippen LogP contribution in [0.5, 0.6) is 0 Å². The quantitative estimate of drug-likeness (QED) is 0.617. The van der Waals surface area contributed by atoms with E-state index in [9.17, 15) is 13.2 Å². The molecule has 1 aliphatic rings. The van der Waals surface area contributed by atoms with Crippen LogP contribution in [0.15, 0.2) is 70.6 Å². The van der Waals surface area contributed by atoms with E-state index in [4.69, 9.17) is 0 Å². The first kappa shape index (κ1) is 22.2. The van der Waals surface area contributed by atoms with Crippen molar-refractivity contribution in [2.75, 3.05) is 26.2 Å². The van der Waals surface area contributed by atoms with Crippen molar-refractivity contribution in [2.24, 2.45) is 0 Å². The first-order valence-corrected chi connectivity index (χ1v) is 11.1. The number of rotatable bonds is 4. The summed E-state index contributed by atoms with van der Waals surface area (Å²) in [4.78, 5) is 20.6. The van der Waals surface area contributed by atoms with E-state index in [1.165, 1.54) is 6.20 Å². The number of halogens is 1. The summed E-state index contributed by atoms with van der Waals surface area (Å²) in [5.41, 5.74) is 1.87. The molecular formula is C22H24ClN3O3S. The summed E-state index contributed by atoms with van der Waals surface area (Å²) in [5.74, 6) is 0.114. The van der Waals surface area contributed by atoms with Crippen molar-refractivity contribution < 1.29 is 13.2 Å². The summed E-state index contributed by atoms with van der Waals surface area (Å²) in [6, 6.07) is 16.0. The van der Waals surface area contributed by atoms with Gasteiger partial charge in [0.15, 0.2) is 0 Å². The largest absolute Gasteiger partial charge is 0.340 e. The lowest BCUT2D eigenvalue weighted by molar-refractivity contribution is -0.130. The zero-order chi connectivity index (χ0) is 20.4. The number of hydrogen-bond acceptors (Lipinski definition) is 5. The van der Waals surface area contributed by atoms with E-state index in [2.05, 4.69) is 9.88 Å². The van der Waals surface area contributed by atoms with E-state index < -0.39 is 9.84 Å². The van der Waals surface area contributed by atoms with Crippen LogP contribution in [0.25, 0.3) is 10.9 Å². The Morgan fingerprint density at radius 1 is 0.967 bits per heavy atom. The van der Waals surface area contributed by atoms with Crippen LogP contribution in [0.4, 0.5) is 0 Å². The Hall–Kier alpha value is -2.48. The molecule has 3 aromatic rings. The molecule has 1 fully saturated rings. The Bertz CT molecular complexity index is 1140. The molecular weight excluding hydrogens is 422 g/mol. The molecule has 0 N–H and O–H groups in total. The summed E-state index contributed by atoms with van der Waals surface area (Å²) in [6.07, 6.45) is 1.45. The van der Waals surface area contributed by atoms with Crippen LogP contribution in [0.2, 0.25) is 0 Å². The van der Waals surface area contributed by atoms with Gasteiger partial charge in [-0.1, -0.05) is 36.4 Å². The number of aromatic nitrogens is 1. The second-order valence-electron chi connectivity index (χ2n) is 7.26. The van der Waals surface area contributed by atoms with Gasteiger partial charge in [-0.3, -0.25) is 14.7 Å². The lowest BCUT2D eigenvalue weighted by Gasteiger charge is -2.34. The second-order valence-corrected chi connectivity index (χ2v) is 9.21. The summed E-state index contributed by atoms with van der Waals surface area (Å²) in [6.45, 7) is 5.42. The number of benzene rings is 2. The Balaban J connectivity index is 0.00000256. The third kappa shape index (κ3) is 4.48. The van der Waals surface area contributed by atoms with Crippen LogP contribution in [0.3, 0.4) is 0 Å². The van der Waals surface area contributed by atoms with Crippen molar-refractivity contribution in [3.63, 3.8) is 0 Å². The van der Waals surface area contributed by atoms with E-state index in [-0.39, 0.29) is 28.1 Å². The third-order valence-corrected chi connectivity index (χ3v) is 7.08. The molecule has 0 unspecified atom stereocenters. The maximum Gasteiger partial charge on any atom is 0.219 e. The third-order valence-electron chi connectivity index (χ3n) is 5.34. The normalized spacial score (nSPS) is 15.0. The summed E-state index contributed by atoms with van der Waals surface area (Å²) in [7, 11) is -3.60. The minimum Gasteiger partial charge on any atom is -0.340 e. The highest BCUT2D eigenvalue weighted by Crippen LogP contribution is 2.25. The van der Waals surface area contributed by atoms with Gasteiger partial charge in [0.1, 0.15) is 0 Å². The van der Waals surface area contributed by atoms with Gasteiger partial charge in [-0.15, -0.1) is 12.4 Å². The van der Waals surface area contributed by atoms with Gasteiger partial charge in [-0.25, -0.2) is 8.42 Å². The fraction of sp³-hybridized carbons (Fsp3) is 0.273. The smallest absolute Gasteiger partial charge is 0.219 e. The van der Waals surface area contributed by atoms with Crippen LogP contribution >= 0.6 is 12.4 Å². The van der Waals surface area contributed by atoms with E-state index in [0.717, 1.165) is 49.2 Å². The summed E-state index contributed by atoms with van der Waals surface area (Å²) >= 11 is 0. The van der Waals surface area contributed by atoms with E-state index in [1.807, 2.05) is 23.1 Å². The number of nitrogens with zero attached hydrogens (tertiary/aromatic N) is 3. The number of carbonyl (C=O) groups excluding carboxylic acids is 1.